The molecule has 0 aliphatic heterocycles. The lowest BCUT2D eigenvalue weighted by molar-refractivity contribution is 0.588. The van der Waals surface area contributed by atoms with E-state index in [0.717, 1.165) is 22.3 Å². The summed E-state index contributed by atoms with van der Waals surface area (Å²) in [6.07, 6.45) is 0.695. The molecule has 0 aliphatic rings. The second-order valence-corrected chi connectivity index (χ2v) is 6.66. The largest absolute Gasteiger partial charge is 0.207 e. The van der Waals surface area contributed by atoms with Gasteiger partial charge in [0.25, 0.3) is 0 Å². The van der Waals surface area contributed by atoms with Crippen molar-refractivity contribution in [2.75, 3.05) is 0 Å². The molecule has 0 spiro atoms. The van der Waals surface area contributed by atoms with Gasteiger partial charge >= 0.3 is 0 Å². The van der Waals surface area contributed by atoms with Gasteiger partial charge in [-0.15, -0.1) is 0 Å². The van der Waals surface area contributed by atoms with Crippen LogP contribution in [0.15, 0.2) is 30.3 Å². The smallest absolute Gasteiger partial charge is 0.129 e. The predicted octanol–water partition coefficient (Wildman–Crippen LogP) is 6.11. The second-order valence-electron chi connectivity index (χ2n) is 6.66. The van der Waals surface area contributed by atoms with Crippen LogP contribution in [-0.4, -0.2) is 0 Å². The molecule has 118 valence electrons. The molecule has 0 unspecified atom stereocenters. The first-order valence-electron chi connectivity index (χ1n) is 7.86. The molecule has 2 aromatic carbocycles. The Balaban J connectivity index is 2.37. The van der Waals surface area contributed by atoms with Gasteiger partial charge in [-0.3, -0.25) is 0 Å². The molecule has 0 fully saturated rings. The van der Waals surface area contributed by atoms with Gasteiger partial charge in [-0.2, -0.15) is 0 Å². The van der Waals surface area contributed by atoms with Gasteiger partial charge in [0.05, 0.1) is 0 Å². The monoisotopic (exact) mass is 302 g/mol. The van der Waals surface area contributed by atoms with Gasteiger partial charge in [-0.1, -0.05) is 52.0 Å². The van der Waals surface area contributed by atoms with Crippen LogP contribution in [0.1, 0.15) is 67.3 Å². The molecule has 0 aromatic heterocycles. The molecule has 0 saturated carbocycles. The van der Waals surface area contributed by atoms with Crippen molar-refractivity contribution in [3.63, 3.8) is 0 Å². The van der Waals surface area contributed by atoms with E-state index in [1.807, 2.05) is 52.0 Å². The number of aryl methyl sites for hydroxylation is 1. The quantitative estimate of drug-likeness (QED) is 0.639. The molecule has 0 heterocycles. The number of benzene rings is 2. The van der Waals surface area contributed by atoms with Crippen molar-refractivity contribution < 1.29 is 8.78 Å². The summed E-state index contributed by atoms with van der Waals surface area (Å²) in [5.41, 5.74) is 4.30. The minimum Gasteiger partial charge on any atom is -0.207 e. The van der Waals surface area contributed by atoms with Gasteiger partial charge in [-0.25, -0.2) is 8.78 Å². The fourth-order valence-electron chi connectivity index (χ4n) is 2.78. The van der Waals surface area contributed by atoms with Crippen molar-refractivity contribution in [2.24, 2.45) is 0 Å². The van der Waals surface area contributed by atoms with Crippen LogP contribution in [0.5, 0.6) is 0 Å². The molecule has 0 aliphatic carbocycles. The maximum Gasteiger partial charge on any atom is 0.129 e. The van der Waals surface area contributed by atoms with Gasteiger partial charge < -0.3 is 0 Å². The number of rotatable bonds is 4. The number of hydrogen-bond acceptors (Lipinski definition) is 0. The molecule has 2 aromatic rings. The Morgan fingerprint density at radius 1 is 0.818 bits per heavy atom. The van der Waals surface area contributed by atoms with Crippen molar-refractivity contribution in [3.8, 4) is 0 Å². The summed E-state index contributed by atoms with van der Waals surface area (Å²) in [6.45, 7) is 9.77. The zero-order valence-electron chi connectivity index (χ0n) is 14.0. The highest BCUT2D eigenvalue weighted by molar-refractivity contribution is 5.37. The van der Waals surface area contributed by atoms with E-state index < -0.39 is 0 Å². The lowest BCUT2D eigenvalue weighted by atomic mass is 9.93. The third-order valence-corrected chi connectivity index (χ3v) is 4.06. The van der Waals surface area contributed by atoms with Gasteiger partial charge in [0, 0.05) is 0 Å². The summed E-state index contributed by atoms with van der Waals surface area (Å²) in [4.78, 5) is 0. The van der Waals surface area contributed by atoms with Crippen LogP contribution in [0.4, 0.5) is 8.78 Å². The average Bonchev–Trinajstić information content (AvgIpc) is 2.44. The van der Waals surface area contributed by atoms with E-state index in [0.29, 0.717) is 12.0 Å². The van der Waals surface area contributed by atoms with E-state index in [4.69, 9.17) is 0 Å². The van der Waals surface area contributed by atoms with Crippen molar-refractivity contribution >= 4 is 0 Å². The molecule has 0 nitrogen and oxygen atoms in total. The highest BCUT2D eigenvalue weighted by Crippen LogP contribution is 2.26. The average molecular weight is 302 g/mol. The van der Waals surface area contributed by atoms with E-state index in [9.17, 15) is 8.78 Å². The standard InChI is InChI=1S/C20H24F2/c1-12(2)17-10-15(6-7-19(17)21)9-16-8-14(5)20(22)18(11-16)13(3)4/h6-8,10-13H,9H2,1-5H3. The van der Waals surface area contributed by atoms with Crippen LogP contribution in [0.3, 0.4) is 0 Å². The Bertz CT molecular complexity index is 670. The molecule has 2 heteroatoms. The molecule has 0 bridgehead atoms. The minimum atomic E-state index is -0.156. The van der Waals surface area contributed by atoms with Crippen LogP contribution < -0.4 is 0 Å². The van der Waals surface area contributed by atoms with Gasteiger partial charge in [0.1, 0.15) is 11.6 Å². The lowest BCUT2D eigenvalue weighted by Crippen LogP contribution is -2.01. The zero-order valence-corrected chi connectivity index (χ0v) is 14.0. The first kappa shape index (κ1) is 16.7. The summed E-state index contributed by atoms with van der Waals surface area (Å²) < 4.78 is 27.9. The van der Waals surface area contributed by atoms with Crippen LogP contribution in [0.25, 0.3) is 0 Å². The summed E-state index contributed by atoms with van der Waals surface area (Å²) in [7, 11) is 0. The summed E-state index contributed by atoms with van der Waals surface area (Å²) in [5.74, 6) is 0.0388. The van der Waals surface area contributed by atoms with Crippen LogP contribution >= 0.6 is 0 Å². The Labute approximate surface area is 132 Å². The molecular weight excluding hydrogens is 278 g/mol. The van der Waals surface area contributed by atoms with E-state index in [1.54, 1.807) is 6.92 Å². The van der Waals surface area contributed by atoms with Crippen LogP contribution in [-0.2, 0) is 6.42 Å². The maximum atomic E-state index is 14.1. The van der Waals surface area contributed by atoms with Crippen molar-refractivity contribution in [2.45, 2.75) is 52.9 Å². The Morgan fingerprint density at radius 3 is 2.00 bits per heavy atom. The fraction of sp³-hybridized carbons (Fsp3) is 0.400. The first-order valence-corrected chi connectivity index (χ1v) is 7.86. The normalized spacial score (nSPS) is 11.5. The third-order valence-electron chi connectivity index (χ3n) is 4.06. The lowest BCUT2D eigenvalue weighted by Gasteiger charge is -2.14. The molecule has 0 saturated heterocycles. The molecule has 0 radical (unpaired) electrons. The van der Waals surface area contributed by atoms with Gasteiger partial charge in [0.2, 0.25) is 0 Å². The first-order chi connectivity index (χ1) is 10.3. The predicted molar refractivity (Wildman–Crippen MR) is 88.5 cm³/mol. The molecule has 22 heavy (non-hydrogen) atoms. The second kappa shape index (κ2) is 6.60. The van der Waals surface area contributed by atoms with E-state index in [-0.39, 0.29) is 23.5 Å². The number of halogens is 2. The van der Waals surface area contributed by atoms with Gasteiger partial charge in [-0.05, 0) is 59.1 Å². The van der Waals surface area contributed by atoms with Crippen LogP contribution in [0, 0.1) is 18.6 Å². The Hall–Kier alpha value is -1.70. The number of hydrogen-bond donors (Lipinski definition) is 0. The fourth-order valence-corrected chi connectivity index (χ4v) is 2.78. The maximum absolute atomic E-state index is 14.1. The SMILES string of the molecule is Cc1cc(Cc2ccc(F)c(C(C)C)c2)cc(C(C)C)c1F. The summed E-state index contributed by atoms with van der Waals surface area (Å²) in [6, 6.07) is 9.10. The summed E-state index contributed by atoms with van der Waals surface area (Å²) >= 11 is 0. The molecular formula is C20H24F2. The van der Waals surface area contributed by atoms with E-state index in [1.165, 1.54) is 6.07 Å². The topological polar surface area (TPSA) is 0 Å². The Morgan fingerprint density at radius 2 is 1.41 bits per heavy atom. The molecule has 0 amide bonds. The Kier molecular flexibility index (Phi) is 5.00. The zero-order chi connectivity index (χ0) is 16.4. The molecule has 0 N–H and O–H groups in total. The van der Waals surface area contributed by atoms with Crippen molar-refractivity contribution in [1.82, 2.24) is 0 Å². The molecule has 2 rings (SSSR count). The molecule has 0 atom stereocenters. The van der Waals surface area contributed by atoms with E-state index in [2.05, 4.69) is 0 Å². The highest BCUT2D eigenvalue weighted by atomic mass is 19.1. The van der Waals surface area contributed by atoms with Gasteiger partial charge in [0.15, 0.2) is 0 Å². The highest BCUT2D eigenvalue weighted by Gasteiger charge is 2.12. The van der Waals surface area contributed by atoms with Crippen LogP contribution in [0.2, 0.25) is 0 Å². The minimum absolute atomic E-state index is 0.110. The van der Waals surface area contributed by atoms with E-state index >= 15 is 0 Å². The van der Waals surface area contributed by atoms with Crippen molar-refractivity contribution in [1.29, 1.82) is 0 Å². The third kappa shape index (κ3) is 3.55. The van der Waals surface area contributed by atoms with Crippen molar-refractivity contribution in [3.05, 3.63) is 69.8 Å². The summed E-state index contributed by atoms with van der Waals surface area (Å²) in [5, 5.41) is 0.